The summed E-state index contributed by atoms with van der Waals surface area (Å²) in [5.41, 5.74) is 1.10. The third-order valence-corrected chi connectivity index (χ3v) is 4.22. The van der Waals surface area contributed by atoms with Gasteiger partial charge in [0.05, 0.1) is 5.69 Å². The third kappa shape index (κ3) is 3.04. The molecule has 1 heterocycles. The predicted octanol–water partition coefficient (Wildman–Crippen LogP) is 3.56. The van der Waals surface area contributed by atoms with Gasteiger partial charge in [0, 0.05) is 23.1 Å². The number of nitrogens with one attached hydrogen (secondary N) is 1. The second-order valence-electron chi connectivity index (χ2n) is 4.92. The van der Waals surface area contributed by atoms with Gasteiger partial charge in [-0.3, -0.25) is 0 Å². The maximum absolute atomic E-state index is 13.1. The molecule has 0 radical (unpaired) electrons. The van der Waals surface area contributed by atoms with Gasteiger partial charge in [0.2, 0.25) is 0 Å². The molecule has 1 aromatic carbocycles. The Kier molecular flexibility index (Phi) is 4.62. The molecule has 1 aliphatic heterocycles. The SMILES string of the molecule is CCNC1CCN(c2ccc(F)cc2Br)C(C)C1. The van der Waals surface area contributed by atoms with Crippen molar-refractivity contribution in [1.82, 2.24) is 5.32 Å². The normalized spacial score (nSPS) is 24.3. The van der Waals surface area contributed by atoms with Crippen LogP contribution in [0.3, 0.4) is 0 Å². The number of hydrogen-bond donors (Lipinski definition) is 1. The standard InChI is InChI=1S/C14H20BrFN2/c1-3-17-12-6-7-18(10(2)8-12)14-5-4-11(16)9-13(14)15/h4-5,9-10,12,17H,3,6-8H2,1-2H3. The number of halogens is 2. The summed E-state index contributed by atoms with van der Waals surface area (Å²) < 4.78 is 14.0. The molecule has 4 heteroatoms. The first-order chi connectivity index (χ1) is 8.61. The lowest BCUT2D eigenvalue weighted by Gasteiger charge is -2.40. The highest BCUT2D eigenvalue weighted by Crippen LogP contribution is 2.31. The van der Waals surface area contributed by atoms with Gasteiger partial charge in [-0.25, -0.2) is 4.39 Å². The zero-order valence-electron chi connectivity index (χ0n) is 10.9. The van der Waals surface area contributed by atoms with E-state index < -0.39 is 0 Å². The summed E-state index contributed by atoms with van der Waals surface area (Å²) in [6, 6.07) is 6.02. The number of anilines is 1. The fraction of sp³-hybridized carbons (Fsp3) is 0.571. The van der Waals surface area contributed by atoms with E-state index in [4.69, 9.17) is 0 Å². The van der Waals surface area contributed by atoms with Crippen LogP contribution in [-0.2, 0) is 0 Å². The fourth-order valence-corrected chi connectivity index (χ4v) is 3.30. The Labute approximate surface area is 117 Å². The lowest BCUT2D eigenvalue weighted by Crippen LogP contribution is -2.47. The Morgan fingerprint density at radius 2 is 2.28 bits per heavy atom. The van der Waals surface area contributed by atoms with Crippen molar-refractivity contribution < 1.29 is 4.39 Å². The molecule has 0 bridgehead atoms. The van der Waals surface area contributed by atoms with Crippen LogP contribution in [-0.4, -0.2) is 25.2 Å². The van der Waals surface area contributed by atoms with E-state index in [1.54, 1.807) is 6.07 Å². The van der Waals surface area contributed by atoms with Gasteiger partial charge in [-0.2, -0.15) is 0 Å². The van der Waals surface area contributed by atoms with Crippen LogP contribution in [0.5, 0.6) is 0 Å². The first-order valence-corrected chi connectivity index (χ1v) is 7.36. The maximum atomic E-state index is 13.1. The summed E-state index contributed by atoms with van der Waals surface area (Å²) in [6.07, 6.45) is 2.28. The van der Waals surface area contributed by atoms with Gasteiger partial charge < -0.3 is 10.2 Å². The number of nitrogens with zero attached hydrogens (tertiary/aromatic N) is 1. The van der Waals surface area contributed by atoms with Gasteiger partial charge in [-0.05, 0) is 60.4 Å². The van der Waals surface area contributed by atoms with Crippen LogP contribution in [0.1, 0.15) is 26.7 Å². The summed E-state index contributed by atoms with van der Waals surface area (Å²) in [4.78, 5) is 2.36. The molecule has 100 valence electrons. The molecule has 1 aromatic rings. The zero-order chi connectivity index (χ0) is 13.1. The smallest absolute Gasteiger partial charge is 0.124 e. The minimum atomic E-state index is -0.194. The van der Waals surface area contributed by atoms with Crippen LogP contribution in [0.4, 0.5) is 10.1 Å². The molecule has 0 aromatic heterocycles. The molecule has 0 aliphatic carbocycles. The molecule has 1 N–H and O–H groups in total. The van der Waals surface area contributed by atoms with E-state index in [1.165, 1.54) is 6.07 Å². The maximum Gasteiger partial charge on any atom is 0.124 e. The topological polar surface area (TPSA) is 15.3 Å². The van der Waals surface area contributed by atoms with Crippen molar-refractivity contribution in [1.29, 1.82) is 0 Å². The lowest BCUT2D eigenvalue weighted by atomic mass is 9.97. The van der Waals surface area contributed by atoms with E-state index in [9.17, 15) is 4.39 Å². The molecule has 2 unspecified atom stereocenters. The van der Waals surface area contributed by atoms with Crippen molar-refractivity contribution in [3.05, 3.63) is 28.5 Å². The van der Waals surface area contributed by atoms with E-state index in [0.29, 0.717) is 12.1 Å². The first kappa shape index (κ1) is 13.8. The third-order valence-electron chi connectivity index (χ3n) is 3.59. The average Bonchev–Trinajstić information content (AvgIpc) is 2.31. The van der Waals surface area contributed by atoms with Crippen LogP contribution >= 0.6 is 15.9 Å². The van der Waals surface area contributed by atoms with Crippen LogP contribution in [0.15, 0.2) is 22.7 Å². The molecule has 2 rings (SSSR count). The van der Waals surface area contributed by atoms with Crippen LogP contribution in [0.2, 0.25) is 0 Å². The van der Waals surface area contributed by atoms with E-state index in [-0.39, 0.29) is 5.82 Å². The van der Waals surface area contributed by atoms with Gasteiger partial charge in [-0.1, -0.05) is 6.92 Å². The molecular formula is C14H20BrFN2. The Hall–Kier alpha value is -0.610. The Morgan fingerprint density at radius 3 is 2.89 bits per heavy atom. The zero-order valence-corrected chi connectivity index (χ0v) is 12.5. The Balaban J connectivity index is 2.10. The van der Waals surface area contributed by atoms with Crippen molar-refractivity contribution in [2.24, 2.45) is 0 Å². The molecule has 1 aliphatic rings. The van der Waals surface area contributed by atoms with Crippen LogP contribution in [0.25, 0.3) is 0 Å². The number of hydrogen-bond acceptors (Lipinski definition) is 2. The summed E-state index contributed by atoms with van der Waals surface area (Å²) in [5.74, 6) is -0.194. The molecule has 2 atom stereocenters. The van der Waals surface area contributed by atoms with E-state index in [2.05, 4.69) is 40.0 Å². The molecule has 18 heavy (non-hydrogen) atoms. The highest BCUT2D eigenvalue weighted by Gasteiger charge is 2.26. The summed E-state index contributed by atoms with van der Waals surface area (Å²) in [5, 5.41) is 3.51. The highest BCUT2D eigenvalue weighted by atomic mass is 79.9. The van der Waals surface area contributed by atoms with Gasteiger partial charge in [0.15, 0.2) is 0 Å². The second-order valence-corrected chi connectivity index (χ2v) is 5.77. The number of benzene rings is 1. The minimum Gasteiger partial charge on any atom is -0.368 e. The van der Waals surface area contributed by atoms with E-state index >= 15 is 0 Å². The highest BCUT2D eigenvalue weighted by molar-refractivity contribution is 9.10. The second kappa shape index (κ2) is 6.02. The summed E-state index contributed by atoms with van der Waals surface area (Å²) >= 11 is 3.46. The fourth-order valence-electron chi connectivity index (χ4n) is 2.72. The Morgan fingerprint density at radius 1 is 1.50 bits per heavy atom. The first-order valence-electron chi connectivity index (χ1n) is 6.57. The quantitative estimate of drug-likeness (QED) is 0.917. The molecule has 1 fully saturated rings. The van der Waals surface area contributed by atoms with Gasteiger partial charge >= 0.3 is 0 Å². The van der Waals surface area contributed by atoms with Crippen molar-refractivity contribution in [2.75, 3.05) is 18.0 Å². The van der Waals surface area contributed by atoms with Crippen LogP contribution in [0, 0.1) is 5.82 Å². The molecule has 2 nitrogen and oxygen atoms in total. The predicted molar refractivity (Wildman–Crippen MR) is 77.6 cm³/mol. The Bertz CT molecular complexity index is 411. The molecule has 0 amide bonds. The number of piperidine rings is 1. The summed E-state index contributed by atoms with van der Waals surface area (Å²) in [6.45, 7) is 6.42. The van der Waals surface area contributed by atoms with Crippen LogP contribution < -0.4 is 10.2 Å². The van der Waals surface area contributed by atoms with Crippen molar-refractivity contribution in [3.8, 4) is 0 Å². The largest absolute Gasteiger partial charge is 0.368 e. The molecule has 1 saturated heterocycles. The molecular weight excluding hydrogens is 295 g/mol. The van der Waals surface area contributed by atoms with Gasteiger partial charge in [-0.15, -0.1) is 0 Å². The summed E-state index contributed by atoms with van der Waals surface area (Å²) in [7, 11) is 0. The van der Waals surface area contributed by atoms with Gasteiger partial charge in [0.1, 0.15) is 5.82 Å². The van der Waals surface area contributed by atoms with E-state index in [0.717, 1.165) is 36.1 Å². The van der Waals surface area contributed by atoms with Crippen molar-refractivity contribution >= 4 is 21.6 Å². The lowest BCUT2D eigenvalue weighted by molar-refractivity contribution is 0.374. The van der Waals surface area contributed by atoms with E-state index in [1.807, 2.05) is 6.07 Å². The molecule has 0 saturated carbocycles. The monoisotopic (exact) mass is 314 g/mol. The molecule has 0 spiro atoms. The van der Waals surface area contributed by atoms with Crippen molar-refractivity contribution in [2.45, 2.75) is 38.8 Å². The minimum absolute atomic E-state index is 0.194. The number of rotatable bonds is 3. The average molecular weight is 315 g/mol. The van der Waals surface area contributed by atoms with Crippen molar-refractivity contribution in [3.63, 3.8) is 0 Å². The van der Waals surface area contributed by atoms with Gasteiger partial charge in [0.25, 0.3) is 0 Å².